The van der Waals surface area contributed by atoms with Gasteiger partial charge in [-0.2, -0.15) is 13.2 Å². The number of hydrogen-bond donors (Lipinski definition) is 4. The number of hydrogen-bond acceptors (Lipinski definition) is 6. The van der Waals surface area contributed by atoms with Crippen LogP contribution in [0.2, 0.25) is 0 Å². The standard InChI is InChI=1S/C26H28F3N5O4/c1-16(2)31-12-13-37-22-9-5-8-20(23(22)26(27,28)29)34-25(36)33-17-6-4-7-18(14-17)38-19-10-11-32-21(15-19)24(35)30-3/h4-11,14-16,31H,12-13H2,1-3H3,(H,30,35)(H2,33,34,36). The van der Waals surface area contributed by atoms with Gasteiger partial charge in [0.2, 0.25) is 0 Å². The minimum Gasteiger partial charge on any atom is -0.492 e. The van der Waals surface area contributed by atoms with Crippen LogP contribution in [0.15, 0.2) is 60.8 Å². The lowest BCUT2D eigenvalue weighted by atomic mass is 10.1. The number of amides is 3. The molecule has 12 heteroatoms. The molecule has 202 valence electrons. The molecule has 4 N–H and O–H groups in total. The van der Waals surface area contributed by atoms with E-state index >= 15 is 0 Å². The van der Waals surface area contributed by atoms with Crippen molar-refractivity contribution in [2.24, 2.45) is 0 Å². The lowest BCUT2D eigenvalue weighted by molar-refractivity contribution is -0.138. The molecule has 1 heterocycles. The maximum atomic E-state index is 13.9. The van der Waals surface area contributed by atoms with Crippen LogP contribution in [0.1, 0.15) is 29.9 Å². The van der Waals surface area contributed by atoms with Crippen molar-refractivity contribution in [2.45, 2.75) is 26.1 Å². The predicted molar refractivity (Wildman–Crippen MR) is 137 cm³/mol. The number of halogens is 3. The number of anilines is 2. The minimum absolute atomic E-state index is 0.0196. The van der Waals surface area contributed by atoms with E-state index in [4.69, 9.17) is 9.47 Å². The highest BCUT2D eigenvalue weighted by Gasteiger charge is 2.38. The molecule has 0 aliphatic carbocycles. The SMILES string of the molecule is CNC(=O)c1cc(Oc2cccc(NC(=O)Nc3cccc(OCCNC(C)C)c3C(F)(F)F)c2)ccn1. The molecule has 0 unspecified atom stereocenters. The molecule has 0 aliphatic rings. The van der Waals surface area contributed by atoms with Crippen molar-refractivity contribution in [1.29, 1.82) is 0 Å². The van der Waals surface area contributed by atoms with Gasteiger partial charge in [-0.3, -0.25) is 9.78 Å². The molecule has 9 nitrogen and oxygen atoms in total. The quantitative estimate of drug-likeness (QED) is 0.265. The van der Waals surface area contributed by atoms with Crippen molar-refractivity contribution in [3.05, 3.63) is 72.1 Å². The van der Waals surface area contributed by atoms with E-state index in [9.17, 15) is 22.8 Å². The smallest absolute Gasteiger partial charge is 0.421 e. The summed E-state index contributed by atoms with van der Waals surface area (Å²) in [5.74, 6) is -0.124. The predicted octanol–water partition coefficient (Wildman–Crippen LogP) is 5.27. The van der Waals surface area contributed by atoms with Crippen molar-refractivity contribution < 1.29 is 32.2 Å². The van der Waals surface area contributed by atoms with Crippen molar-refractivity contribution in [1.82, 2.24) is 15.6 Å². The number of carbonyl (C=O) groups excluding carboxylic acids is 2. The summed E-state index contributed by atoms with van der Waals surface area (Å²) in [6.07, 6.45) is -3.36. The van der Waals surface area contributed by atoms with Crippen LogP contribution in [0.3, 0.4) is 0 Å². The zero-order valence-electron chi connectivity index (χ0n) is 21.0. The van der Waals surface area contributed by atoms with Crippen LogP contribution in [0.25, 0.3) is 0 Å². The average molecular weight is 532 g/mol. The second-order valence-corrected chi connectivity index (χ2v) is 8.30. The largest absolute Gasteiger partial charge is 0.492 e. The first kappa shape index (κ1) is 28.3. The van der Waals surface area contributed by atoms with Crippen LogP contribution in [0.4, 0.5) is 29.3 Å². The van der Waals surface area contributed by atoms with Gasteiger partial charge in [0.15, 0.2) is 0 Å². The third kappa shape index (κ3) is 8.10. The van der Waals surface area contributed by atoms with Crippen LogP contribution < -0.4 is 30.7 Å². The van der Waals surface area contributed by atoms with Crippen LogP contribution in [-0.2, 0) is 6.18 Å². The number of urea groups is 1. The van der Waals surface area contributed by atoms with E-state index in [0.29, 0.717) is 18.0 Å². The number of benzene rings is 2. The number of nitrogens with zero attached hydrogens (tertiary/aromatic N) is 1. The highest BCUT2D eigenvalue weighted by Crippen LogP contribution is 2.41. The molecule has 0 bridgehead atoms. The minimum atomic E-state index is -4.77. The molecule has 0 saturated heterocycles. The van der Waals surface area contributed by atoms with Crippen molar-refractivity contribution in [2.75, 3.05) is 30.8 Å². The highest BCUT2D eigenvalue weighted by atomic mass is 19.4. The summed E-state index contributed by atoms with van der Waals surface area (Å²) in [7, 11) is 1.48. The molecule has 38 heavy (non-hydrogen) atoms. The first-order valence-electron chi connectivity index (χ1n) is 11.7. The molecule has 0 atom stereocenters. The van der Waals surface area contributed by atoms with Gasteiger partial charge in [-0.25, -0.2) is 4.79 Å². The van der Waals surface area contributed by atoms with Crippen LogP contribution in [-0.4, -0.2) is 43.2 Å². The Morgan fingerprint density at radius 1 is 1.00 bits per heavy atom. The lowest BCUT2D eigenvalue weighted by Crippen LogP contribution is -2.28. The second kappa shape index (κ2) is 12.8. The molecule has 3 rings (SSSR count). The molecule has 2 aromatic carbocycles. The average Bonchev–Trinajstić information content (AvgIpc) is 2.85. The van der Waals surface area contributed by atoms with Gasteiger partial charge in [-0.1, -0.05) is 26.0 Å². The first-order valence-corrected chi connectivity index (χ1v) is 11.7. The van der Waals surface area contributed by atoms with Gasteiger partial charge in [0, 0.05) is 43.7 Å². The molecular weight excluding hydrogens is 503 g/mol. The Hall–Kier alpha value is -4.32. The van der Waals surface area contributed by atoms with E-state index in [1.807, 2.05) is 13.8 Å². The summed E-state index contributed by atoms with van der Waals surface area (Å²) < 4.78 is 52.7. The first-order chi connectivity index (χ1) is 18.1. The van der Waals surface area contributed by atoms with Gasteiger partial charge in [-0.05, 0) is 30.3 Å². The van der Waals surface area contributed by atoms with Crippen molar-refractivity contribution in [3.63, 3.8) is 0 Å². The van der Waals surface area contributed by atoms with Crippen LogP contribution in [0, 0.1) is 0 Å². The molecule has 0 saturated carbocycles. The summed E-state index contributed by atoms with van der Waals surface area (Å²) >= 11 is 0. The van der Waals surface area contributed by atoms with Gasteiger partial charge in [0.25, 0.3) is 5.91 Å². The van der Waals surface area contributed by atoms with Gasteiger partial charge >= 0.3 is 12.2 Å². The van der Waals surface area contributed by atoms with E-state index in [-0.39, 0.29) is 35.7 Å². The van der Waals surface area contributed by atoms with Gasteiger partial charge in [0.1, 0.15) is 35.1 Å². The van der Waals surface area contributed by atoms with E-state index in [2.05, 4.69) is 26.3 Å². The van der Waals surface area contributed by atoms with Gasteiger partial charge in [-0.15, -0.1) is 0 Å². The molecule has 0 radical (unpaired) electrons. The Bertz CT molecular complexity index is 1270. The maximum absolute atomic E-state index is 13.9. The van der Waals surface area contributed by atoms with Gasteiger partial charge in [0.05, 0.1) is 5.69 Å². The van der Waals surface area contributed by atoms with Crippen molar-refractivity contribution in [3.8, 4) is 17.2 Å². The molecular formula is C26H28F3N5O4. The summed E-state index contributed by atoms with van der Waals surface area (Å²) in [5, 5.41) is 10.3. The second-order valence-electron chi connectivity index (χ2n) is 8.30. The van der Waals surface area contributed by atoms with E-state index in [1.165, 1.54) is 37.5 Å². The van der Waals surface area contributed by atoms with E-state index in [0.717, 1.165) is 6.07 Å². The third-order valence-corrected chi connectivity index (χ3v) is 4.99. The van der Waals surface area contributed by atoms with Crippen molar-refractivity contribution >= 4 is 23.3 Å². The normalized spacial score (nSPS) is 11.1. The fraction of sp³-hybridized carbons (Fsp3) is 0.269. The summed E-state index contributed by atoms with van der Waals surface area (Å²) in [6, 6.07) is 12.2. The Morgan fingerprint density at radius 3 is 2.45 bits per heavy atom. The number of pyridine rings is 1. The maximum Gasteiger partial charge on any atom is 0.421 e. The summed E-state index contributed by atoms with van der Waals surface area (Å²) in [4.78, 5) is 28.3. The molecule has 3 aromatic rings. The monoisotopic (exact) mass is 531 g/mol. The number of aromatic nitrogens is 1. The Morgan fingerprint density at radius 2 is 1.74 bits per heavy atom. The van der Waals surface area contributed by atoms with E-state index < -0.39 is 23.5 Å². The Kier molecular flexibility index (Phi) is 9.49. The molecule has 1 aromatic heterocycles. The molecule has 0 spiro atoms. The van der Waals surface area contributed by atoms with Crippen LogP contribution in [0.5, 0.6) is 17.2 Å². The van der Waals surface area contributed by atoms with E-state index in [1.54, 1.807) is 24.3 Å². The number of nitrogens with one attached hydrogen (secondary N) is 4. The highest BCUT2D eigenvalue weighted by molar-refractivity contribution is 6.00. The number of alkyl halides is 3. The Labute approximate surface area is 217 Å². The Balaban J connectivity index is 1.71. The lowest BCUT2D eigenvalue weighted by Gasteiger charge is -2.19. The topological polar surface area (TPSA) is 114 Å². The molecule has 0 fully saturated rings. The number of ether oxygens (including phenoxy) is 2. The molecule has 3 amide bonds. The zero-order valence-corrected chi connectivity index (χ0v) is 21.0. The fourth-order valence-electron chi connectivity index (χ4n) is 3.34. The third-order valence-electron chi connectivity index (χ3n) is 4.99. The zero-order chi connectivity index (χ0) is 27.7. The summed E-state index contributed by atoms with van der Waals surface area (Å²) in [5.41, 5.74) is -1.11. The molecule has 0 aliphatic heterocycles. The number of carbonyl (C=O) groups is 2. The number of rotatable bonds is 10. The van der Waals surface area contributed by atoms with Crippen LogP contribution >= 0.6 is 0 Å². The van der Waals surface area contributed by atoms with Gasteiger partial charge < -0.3 is 30.7 Å². The fourth-order valence-corrected chi connectivity index (χ4v) is 3.34. The summed E-state index contributed by atoms with van der Waals surface area (Å²) in [6.45, 7) is 4.20.